The minimum absolute atomic E-state index is 0.1000. The number of alkyl halides is 2. The van der Waals surface area contributed by atoms with Crippen LogP contribution in [0.4, 0.5) is 13.6 Å². The Morgan fingerprint density at radius 2 is 1.81 bits per heavy atom. The lowest BCUT2D eigenvalue weighted by molar-refractivity contribution is 0.0493. The van der Waals surface area contributed by atoms with E-state index in [-0.39, 0.29) is 29.2 Å². The van der Waals surface area contributed by atoms with Crippen molar-refractivity contribution < 1.29 is 32.3 Å². The van der Waals surface area contributed by atoms with E-state index >= 15 is 0 Å². The highest BCUT2D eigenvalue weighted by molar-refractivity contribution is 6.22. The molecule has 1 N–H and O–H groups in total. The molecule has 0 radical (unpaired) electrons. The normalized spacial score (nSPS) is 19.5. The number of aromatic nitrogens is 2. The van der Waals surface area contributed by atoms with Crippen LogP contribution in [-0.4, -0.2) is 45.1 Å². The van der Waals surface area contributed by atoms with Crippen LogP contribution in [0.1, 0.15) is 64.3 Å². The molecular formula is C25H22F2N4O5. The number of carbonyl (C=O) groups excluding carboxylic acids is 3. The number of nitrogens with zero attached hydrogens (tertiary/aromatic N) is 3. The molecule has 2 aliphatic rings. The molecule has 5 rings (SSSR count). The van der Waals surface area contributed by atoms with Crippen molar-refractivity contribution in [3.63, 3.8) is 0 Å². The summed E-state index contributed by atoms with van der Waals surface area (Å²) in [5, 5.41) is 9.72. The summed E-state index contributed by atoms with van der Waals surface area (Å²) >= 11 is 0. The van der Waals surface area contributed by atoms with Gasteiger partial charge in [-0.05, 0) is 36.6 Å². The van der Waals surface area contributed by atoms with E-state index in [1.807, 2.05) is 30.3 Å². The van der Waals surface area contributed by atoms with E-state index < -0.39 is 42.3 Å². The monoisotopic (exact) mass is 496 g/mol. The third-order valence-electron chi connectivity index (χ3n) is 6.37. The van der Waals surface area contributed by atoms with Crippen LogP contribution in [0.25, 0.3) is 11.5 Å². The number of ether oxygens (including phenoxy) is 1. The fourth-order valence-electron chi connectivity index (χ4n) is 4.64. The third-order valence-corrected chi connectivity index (χ3v) is 6.37. The first kappa shape index (κ1) is 23.6. The molecule has 36 heavy (non-hydrogen) atoms. The van der Waals surface area contributed by atoms with Gasteiger partial charge in [-0.1, -0.05) is 43.2 Å². The lowest BCUT2D eigenvalue weighted by Crippen LogP contribution is -2.55. The quantitative estimate of drug-likeness (QED) is 0.500. The number of imide groups is 1. The lowest BCUT2D eigenvalue weighted by atomic mass is 9.89. The number of carbonyl (C=O) groups is 3. The SMILES string of the molecule is O=C(N[C@@H]1CCCC[C@H]1N1C(=O)c2ccc(-c3nnc(C(F)F)o3)cc2C1=O)OCc1ccccc1. The molecule has 0 saturated heterocycles. The van der Waals surface area contributed by atoms with Crippen LogP contribution in [0, 0.1) is 0 Å². The van der Waals surface area contributed by atoms with Gasteiger partial charge in [0, 0.05) is 5.56 Å². The van der Waals surface area contributed by atoms with Crippen molar-refractivity contribution >= 4 is 17.9 Å². The van der Waals surface area contributed by atoms with E-state index in [0.29, 0.717) is 12.8 Å². The van der Waals surface area contributed by atoms with Crippen LogP contribution < -0.4 is 5.32 Å². The number of hydrogen-bond acceptors (Lipinski definition) is 7. The summed E-state index contributed by atoms with van der Waals surface area (Å²) in [6.45, 7) is 0.1000. The fourth-order valence-corrected chi connectivity index (χ4v) is 4.64. The van der Waals surface area contributed by atoms with E-state index in [1.165, 1.54) is 23.1 Å². The molecule has 1 aliphatic carbocycles. The maximum absolute atomic E-state index is 13.3. The number of alkyl carbamates (subject to hydrolysis) is 1. The van der Waals surface area contributed by atoms with Gasteiger partial charge in [0.25, 0.3) is 17.7 Å². The number of halogens is 2. The van der Waals surface area contributed by atoms with Gasteiger partial charge >= 0.3 is 12.5 Å². The molecule has 1 saturated carbocycles. The second-order valence-electron chi connectivity index (χ2n) is 8.65. The van der Waals surface area contributed by atoms with Gasteiger partial charge in [0.1, 0.15) is 6.61 Å². The summed E-state index contributed by atoms with van der Waals surface area (Å²) in [4.78, 5) is 40.2. The Morgan fingerprint density at radius 3 is 2.56 bits per heavy atom. The summed E-state index contributed by atoms with van der Waals surface area (Å²) in [6.07, 6.45) is -0.808. The van der Waals surface area contributed by atoms with Gasteiger partial charge in [0.05, 0.1) is 23.2 Å². The molecule has 0 bridgehead atoms. The standard InChI is InChI=1S/C25H22F2N4O5/c26-20(27)22-30-29-21(36-22)15-10-11-16-17(12-15)24(33)31(23(16)32)19-9-5-4-8-18(19)28-25(34)35-13-14-6-2-1-3-7-14/h1-3,6-7,10-12,18-20H,4-5,8-9,13H2,(H,28,34)/t18-,19-/m1/s1. The van der Waals surface area contributed by atoms with Crippen LogP contribution in [0.5, 0.6) is 0 Å². The summed E-state index contributed by atoms with van der Waals surface area (Å²) in [5.41, 5.74) is 1.39. The Balaban J connectivity index is 1.32. The topological polar surface area (TPSA) is 115 Å². The van der Waals surface area contributed by atoms with Crippen molar-refractivity contribution in [2.75, 3.05) is 0 Å². The van der Waals surface area contributed by atoms with Crippen molar-refractivity contribution in [3.05, 3.63) is 71.1 Å². The molecule has 2 aromatic carbocycles. The molecule has 186 valence electrons. The van der Waals surface area contributed by atoms with E-state index in [0.717, 1.165) is 18.4 Å². The van der Waals surface area contributed by atoms with Crippen LogP contribution in [-0.2, 0) is 11.3 Å². The van der Waals surface area contributed by atoms with Crippen LogP contribution in [0.15, 0.2) is 52.9 Å². The Morgan fingerprint density at radius 1 is 1.06 bits per heavy atom. The van der Waals surface area contributed by atoms with Crippen LogP contribution in [0.2, 0.25) is 0 Å². The number of rotatable bonds is 6. The van der Waals surface area contributed by atoms with Crippen molar-refractivity contribution in [3.8, 4) is 11.5 Å². The molecule has 9 nitrogen and oxygen atoms in total. The van der Waals surface area contributed by atoms with E-state index in [9.17, 15) is 23.2 Å². The van der Waals surface area contributed by atoms with Gasteiger partial charge in [0.2, 0.25) is 5.89 Å². The lowest BCUT2D eigenvalue weighted by Gasteiger charge is -2.36. The second-order valence-corrected chi connectivity index (χ2v) is 8.65. The first-order chi connectivity index (χ1) is 17.4. The molecule has 0 spiro atoms. The first-order valence-corrected chi connectivity index (χ1v) is 11.5. The van der Waals surface area contributed by atoms with E-state index in [2.05, 4.69) is 15.5 Å². The summed E-state index contributed by atoms with van der Waals surface area (Å²) in [7, 11) is 0. The highest BCUT2D eigenvalue weighted by Crippen LogP contribution is 2.34. The maximum atomic E-state index is 13.3. The summed E-state index contributed by atoms with van der Waals surface area (Å²) in [6, 6.07) is 12.5. The first-order valence-electron chi connectivity index (χ1n) is 11.5. The summed E-state index contributed by atoms with van der Waals surface area (Å²) < 4.78 is 35.9. The molecule has 11 heteroatoms. The van der Waals surface area contributed by atoms with Gasteiger partial charge in [-0.3, -0.25) is 14.5 Å². The average molecular weight is 496 g/mol. The Bertz CT molecular complexity index is 1300. The van der Waals surface area contributed by atoms with Crippen molar-refractivity contribution in [1.29, 1.82) is 0 Å². The number of amides is 3. The van der Waals surface area contributed by atoms with Gasteiger partial charge in [0.15, 0.2) is 0 Å². The molecular weight excluding hydrogens is 474 g/mol. The molecule has 2 atom stereocenters. The predicted octanol–water partition coefficient (Wildman–Crippen LogP) is 4.51. The van der Waals surface area contributed by atoms with Gasteiger partial charge < -0.3 is 14.5 Å². The molecule has 1 fully saturated rings. The van der Waals surface area contributed by atoms with Gasteiger partial charge in [-0.2, -0.15) is 8.78 Å². The Kier molecular flexibility index (Phi) is 6.45. The molecule has 0 unspecified atom stereocenters. The molecule has 1 aliphatic heterocycles. The van der Waals surface area contributed by atoms with Crippen molar-refractivity contribution in [1.82, 2.24) is 20.4 Å². The largest absolute Gasteiger partial charge is 0.445 e. The average Bonchev–Trinajstić information content (AvgIpc) is 3.48. The van der Waals surface area contributed by atoms with E-state index in [4.69, 9.17) is 9.15 Å². The van der Waals surface area contributed by atoms with Gasteiger partial charge in [-0.25, -0.2) is 4.79 Å². The Labute approximate surface area is 204 Å². The molecule has 3 aromatic rings. The minimum atomic E-state index is -2.92. The zero-order valence-corrected chi connectivity index (χ0v) is 19.0. The zero-order chi connectivity index (χ0) is 25.2. The number of nitrogens with one attached hydrogen (secondary N) is 1. The van der Waals surface area contributed by atoms with Gasteiger partial charge in [-0.15, -0.1) is 10.2 Å². The van der Waals surface area contributed by atoms with Crippen molar-refractivity contribution in [2.45, 2.75) is 50.8 Å². The van der Waals surface area contributed by atoms with E-state index in [1.54, 1.807) is 0 Å². The van der Waals surface area contributed by atoms with Crippen LogP contribution >= 0.6 is 0 Å². The predicted molar refractivity (Wildman–Crippen MR) is 121 cm³/mol. The fraction of sp³-hybridized carbons (Fsp3) is 0.320. The summed E-state index contributed by atoms with van der Waals surface area (Å²) in [5.74, 6) is -2.01. The molecule has 1 aromatic heterocycles. The smallest absolute Gasteiger partial charge is 0.407 e. The third kappa shape index (κ3) is 4.56. The minimum Gasteiger partial charge on any atom is -0.445 e. The highest BCUT2D eigenvalue weighted by atomic mass is 19.3. The number of fused-ring (bicyclic) bond motifs is 1. The zero-order valence-electron chi connectivity index (χ0n) is 19.0. The maximum Gasteiger partial charge on any atom is 0.407 e. The molecule has 2 heterocycles. The number of hydrogen-bond donors (Lipinski definition) is 1. The highest BCUT2D eigenvalue weighted by Gasteiger charge is 2.44. The second kappa shape index (κ2) is 9.84. The number of benzene rings is 2. The molecule has 3 amide bonds. The Hall–Kier alpha value is -4.15. The van der Waals surface area contributed by atoms with Crippen LogP contribution in [0.3, 0.4) is 0 Å². The van der Waals surface area contributed by atoms with Crippen molar-refractivity contribution in [2.24, 2.45) is 0 Å².